The van der Waals surface area contributed by atoms with Crippen LogP contribution in [0.3, 0.4) is 0 Å². The second kappa shape index (κ2) is 8.46. The largest absolute Gasteiger partial charge is 0.469 e. The number of esters is 3. The Morgan fingerprint density at radius 1 is 1.00 bits per heavy atom. The molecule has 31 heavy (non-hydrogen) atoms. The van der Waals surface area contributed by atoms with Gasteiger partial charge >= 0.3 is 17.9 Å². The van der Waals surface area contributed by atoms with E-state index < -0.39 is 29.4 Å². The van der Waals surface area contributed by atoms with E-state index >= 15 is 0 Å². The van der Waals surface area contributed by atoms with Crippen molar-refractivity contribution in [3.63, 3.8) is 0 Å². The molecular weight excluding hydrogens is 400 g/mol. The number of hydrogen-bond acceptors (Lipinski definition) is 7. The van der Waals surface area contributed by atoms with Gasteiger partial charge in [-0.25, -0.2) is 0 Å². The molecule has 1 aromatic carbocycles. The van der Waals surface area contributed by atoms with Crippen molar-refractivity contribution in [1.82, 2.24) is 0 Å². The van der Waals surface area contributed by atoms with Gasteiger partial charge in [-0.05, 0) is 42.2 Å². The number of rotatable bonds is 4. The number of fused-ring (bicyclic) bond motifs is 2. The Balaban J connectivity index is 1.69. The van der Waals surface area contributed by atoms with Crippen molar-refractivity contribution in [1.29, 1.82) is 0 Å². The molecule has 0 unspecified atom stereocenters. The Kier molecular flexibility index (Phi) is 5.88. The maximum absolute atomic E-state index is 12.9. The number of hydrogen-bond donors (Lipinski definition) is 0. The third-order valence-corrected chi connectivity index (χ3v) is 7.15. The van der Waals surface area contributed by atoms with Crippen molar-refractivity contribution >= 4 is 17.9 Å². The maximum Gasteiger partial charge on any atom is 0.323 e. The van der Waals surface area contributed by atoms with Crippen LogP contribution in [0.1, 0.15) is 37.4 Å². The summed E-state index contributed by atoms with van der Waals surface area (Å²) in [5, 5.41) is 0. The van der Waals surface area contributed by atoms with E-state index in [0.29, 0.717) is 19.3 Å². The Morgan fingerprint density at radius 2 is 1.68 bits per heavy atom. The molecular formula is C24H28O7. The van der Waals surface area contributed by atoms with Gasteiger partial charge < -0.3 is 18.9 Å². The number of benzene rings is 1. The molecule has 2 fully saturated rings. The van der Waals surface area contributed by atoms with Crippen LogP contribution in [0, 0.1) is 23.2 Å². The zero-order chi connectivity index (χ0) is 22.2. The Bertz CT molecular complexity index is 874. The van der Waals surface area contributed by atoms with Crippen LogP contribution in [0.2, 0.25) is 0 Å². The van der Waals surface area contributed by atoms with Crippen molar-refractivity contribution in [2.75, 3.05) is 21.3 Å². The number of ether oxygens (including phenoxy) is 4. The normalized spacial score (nSPS) is 30.9. The summed E-state index contributed by atoms with van der Waals surface area (Å²) in [6, 6.07) is 9.92. The molecule has 1 saturated heterocycles. The first-order chi connectivity index (χ1) is 14.9. The second-order valence-corrected chi connectivity index (χ2v) is 8.59. The van der Waals surface area contributed by atoms with Gasteiger partial charge in [0.1, 0.15) is 0 Å². The lowest BCUT2D eigenvalue weighted by Crippen LogP contribution is -2.52. The standard InChI is InChI=1S/C24H28O7/c1-28-21(25)19-17-13-24(22(26)29-2,23(27)30-3)10-9-15(17)11-16-12-18(31-20(16)19)14-7-5-4-6-8-14/h4-8,11,15,17-20H,9-10,12-13H2,1-3H3/t15-,17+,18+,19-,20+/m1/s1. The zero-order valence-electron chi connectivity index (χ0n) is 18.0. The average molecular weight is 428 g/mol. The SMILES string of the molecule is COC(=O)[C@@H]1[C@H]2CC(C(=O)OC)(C(=O)OC)CC[C@@H]2C=C2C[C@@H](c3ccccc3)O[C@@H]21. The van der Waals surface area contributed by atoms with Crippen LogP contribution in [0.25, 0.3) is 0 Å². The lowest BCUT2D eigenvalue weighted by molar-refractivity contribution is -0.178. The van der Waals surface area contributed by atoms with E-state index in [0.717, 1.165) is 11.1 Å². The monoisotopic (exact) mass is 428 g/mol. The van der Waals surface area contributed by atoms with E-state index in [1.54, 1.807) is 0 Å². The molecule has 7 heteroatoms. The first kappa shape index (κ1) is 21.6. The second-order valence-electron chi connectivity index (χ2n) is 8.59. The molecule has 1 heterocycles. The Hall–Kier alpha value is -2.67. The topological polar surface area (TPSA) is 88.1 Å². The smallest absolute Gasteiger partial charge is 0.323 e. The fourth-order valence-corrected chi connectivity index (χ4v) is 5.65. The molecule has 1 saturated carbocycles. The average Bonchev–Trinajstić information content (AvgIpc) is 3.24. The molecule has 1 aliphatic heterocycles. The maximum atomic E-state index is 12.9. The van der Waals surface area contributed by atoms with Crippen molar-refractivity contribution < 1.29 is 33.3 Å². The number of allylic oxidation sites excluding steroid dienone is 1. The van der Waals surface area contributed by atoms with Gasteiger partial charge in [0.2, 0.25) is 0 Å². The third-order valence-electron chi connectivity index (χ3n) is 7.15. The van der Waals surface area contributed by atoms with Gasteiger partial charge in [-0.2, -0.15) is 0 Å². The van der Waals surface area contributed by atoms with E-state index in [1.165, 1.54) is 21.3 Å². The number of carbonyl (C=O) groups is 3. The van der Waals surface area contributed by atoms with Gasteiger partial charge in [0.05, 0.1) is 39.5 Å². The summed E-state index contributed by atoms with van der Waals surface area (Å²) < 4.78 is 21.5. The van der Waals surface area contributed by atoms with Crippen molar-refractivity contribution in [3.05, 3.63) is 47.5 Å². The first-order valence-electron chi connectivity index (χ1n) is 10.6. The van der Waals surface area contributed by atoms with Crippen molar-refractivity contribution in [3.8, 4) is 0 Å². The van der Waals surface area contributed by atoms with Crippen LogP contribution in [0.5, 0.6) is 0 Å². The van der Waals surface area contributed by atoms with Gasteiger partial charge in [0.25, 0.3) is 0 Å². The van der Waals surface area contributed by atoms with Crippen LogP contribution in [0.4, 0.5) is 0 Å². The van der Waals surface area contributed by atoms with E-state index in [1.807, 2.05) is 30.3 Å². The highest BCUT2D eigenvalue weighted by molar-refractivity contribution is 6.00. The lowest BCUT2D eigenvalue weighted by atomic mass is 9.58. The van der Waals surface area contributed by atoms with E-state index in [4.69, 9.17) is 18.9 Å². The van der Waals surface area contributed by atoms with Crippen LogP contribution >= 0.6 is 0 Å². The fourth-order valence-electron chi connectivity index (χ4n) is 5.65. The molecule has 0 bridgehead atoms. The summed E-state index contributed by atoms with van der Waals surface area (Å²) >= 11 is 0. The molecule has 2 aliphatic carbocycles. The van der Waals surface area contributed by atoms with Crippen LogP contribution < -0.4 is 0 Å². The molecule has 0 radical (unpaired) electrons. The summed E-state index contributed by atoms with van der Waals surface area (Å²) in [6.45, 7) is 0. The van der Waals surface area contributed by atoms with Crippen molar-refractivity contribution in [2.24, 2.45) is 23.2 Å². The summed E-state index contributed by atoms with van der Waals surface area (Å²) in [6.07, 6.45) is 3.38. The Labute approximate surface area is 181 Å². The molecule has 5 atom stereocenters. The molecule has 0 N–H and O–H groups in total. The highest BCUT2D eigenvalue weighted by Gasteiger charge is 2.59. The van der Waals surface area contributed by atoms with Crippen molar-refractivity contribution in [2.45, 2.75) is 37.9 Å². The van der Waals surface area contributed by atoms with E-state index in [2.05, 4.69) is 6.08 Å². The highest BCUT2D eigenvalue weighted by atomic mass is 16.5. The van der Waals surface area contributed by atoms with Gasteiger partial charge in [-0.1, -0.05) is 36.4 Å². The van der Waals surface area contributed by atoms with Crippen LogP contribution in [0.15, 0.2) is 42.0 Å². The molecule has 1 aromatic rings. The summed E-state index contributed by atoms with van der Waals surface area (Å²) in [5.74, 6) is -2.46. The minimum Gasteiger partial charge on any atom is -0.469 e. The van der Waals surface area contributed by atoms with Crippen LogP contribution in [-0.2, 0) is 33.3 Å². The lowest BCUT2D eigenvalue weighted by Gasteiger charge is -2.46. The van der Waals surface area contributed by atoms with Gasteiger partial charge in [0.15, 0.2) is 5.41 Å². The third kappa shape index (κ3) is 3.55. The fraction of sp³-hybridized carbons (Fsp3) is 0.542. The molecule has 0 aromatic heterocycles. The molecule has 3 aliphatic rings. The quantitative estimate of drug-likeness (QED) is 0.315. The minimum atomic E-state index is -1.42. The first-order valence-corrected chi connectivity index (χ1v) is 10.6. The highest BCUT2D eigenvalue weighted by Crippen LogP contribution is 2.55. The van der Waals surface area contributed by atoms with Gasteiger partial charge in [-0.15, -0.1) is 0 Å². The predicted molar refractivity (Wildman–Crippen MR) is 110 cm³/mol. The van der Waals surface area contributed by atoms with E-state index in [9.17, 15) is 14.4 Å². The van der Waals surface area contributed by atoms with Crippen LogP contribution in [-0.4, -0.2) is 45.3 Å². The molecule has 166 valence electrons. The number of methoxy groups -OCH3 is 3. The molecule has 0 spiro atoms. The Morgan fingerprint density at radius 3 is 2.29 bits per heavy atom. The summed E-state index contributed by atoms with van der Waals surface area (Å²) in [5.41, 5.74) is 0.733. The van der Waals surface area contributed by atoms with Gasteiger partial charge in [0, 0.05) is 6.42 Å². The zero-order valence-corrected chi connectivity index (χ0v) is 18.0. The van der Waals surface area contributed by atoms with Gasteiger partial charge in [-0.3, -0.25) is 14.4 Å². The summed E-state index contributed by atoms with van der Waals surface area (Å²) in [4.78, 5) is 38.3. The molecule has 4 rings (SSSR count). The molecule has 0 amide bonds. The number of carbonyl (C=O) groups excluding carboxylic acids is 3. The molecule has 7 nitrogen and oxygen atoms in total. The minimum absolute atomic E-state index is 0.0518. The summed E-state index contributed by atoms with van der Waals surface area (Å²) in [7, 11) is 3.89. The van der Waals surface area contributed by atoms with E-state index in [-0.39, 0.29) is 30.3 Å². The predicted octanol–water partition coefficient (Wildman–Crippen LogP) is 2.99.